The van der Waals surface area contributed by atoms with Crippen LogP contribution in [-0.4, -0.2) is 20.2 Å². The molecule has 1 aliphatic heterocycles. The van der Waals surface area contributed by atoms with Crippen LogP contribution in [0.15, 0.2) is 48.5 Å². The van der Waals surface area contributed by atoms with Crippen molar-refractivity contribution in [2.75, 3.05) is 20.2 Å². The Labute approximate surface area is 132 Å². The molecule has 0 bridgehead atoms. The van der Waals surface area contributed by atoms with Crippen molar-refractivity contribution < 1.29 is 9.47 Å². The van der Waals surface area contributed by atoms with E-state index in [4.69, 9.17) is 9.47 Å². The molecule has 0 amide bonds. The molecule has 0 radical (unpaired) electrons. The molecule has 1 heterocycles. The average Bonchev–Trinajstić information content (AvgIpc) is 2.61. The van der Waals surface area contributed by atoms with Crippen LogP contribution in [0.3, 0.4) is 0 Å². The summed E-state index contributed by atoms with van der Waals surface area (Å²) >= 11 is 0. The number of piperidine rings is 1. The van der Waals surface area contributed by atoms with Crippen molar-refractivity contribution in [1.29, 1.82) is 0 Å². The van der Waals surface area contributed by atoms with Crippen LogP contribution >= 0.6 is 0 Å². The van der Waals surface area contributed by atoms with E-state index in [0.717, 1.165) is 43.0 Å². The SMILES string of the molecule is COc1c(OCc2ccccc2)cccc1C1CCNCC1. The Hall–Kier alpha value is -2.00. The fourth-order valence-electron chi connectivity index (χ4n) is 3.05. The number of benzene rings is 2. The molecule has 3 rings (SSSR count). The van der Waals surface area contributed by atoms with Gasteiger partial charge in [-0.1, -0.05) is 42.5 Å². The highest BCUT2D eigenvalue weighted by atomic mass is 16.5. The summed E-state index contributed by atoms with van der Waals surface area (Å²) in [7, 11) is 1.73. The lowest BCUT2D eigenvalue weighted by Crippen LogP contribution is -2.26. The zero-order valence-electron chi connectivity index (χ0n) is 13.0. The first kappa shape index (κ1) is 14.9. The van der Waals surface area contributed by atoms with Crippen LogP contribution in [0.5, 0.6) is 11.5 Å². The lowest BCUT2D eigenvalue weighted by Gasteiger charge is -2.25. The van der Waals surface area contributed by atoms with Crippen molar-refractivity contribution in [3.8, 4) is 11.5 Å². The first-order valence-corrected chi connectivity index (χ1v) is 7.93. The third-order valence-electron chi connectivity index (χ3n) is 4.23. The predicted octanol–water partition coefficient (Wildman–Crippen LogP) is 3.74. The van der Waals surface area contributed by atoms with Crippen LogP contribution in [0.2, 0.25) is 0 Å². The maximum absolute atomic E-state index is 6.00. The number of rotatable bonds is 5. The van der Waals surface area contributed by atoms with Gasteiger partial charge in [0.05, 0.1) is 7.11 Å². The van der Waals surface area contributed by atoms with Gasteiger partial charge in [0.15, 0.2) is 11.5 Å². The van der Waals surface area contributed by atoms with Gasteiger partial charge in [-0.05, 0) is 43.5 Å². The molecular formula is C19H23NO2. The van der Waals surface area contributed by atoms with Crippen LogP contribution in [0.25, 0.3) is 0 Å². The van der Waals surface area contributed by atoms with Crippen molar-refractivity contribution in [1.82, 2.24) is 5.32 Å². The molecule has 116 valence electrons. The molecule has 1 saturated heterocycles. The zero-order valence-corrected chi connectivity index (χ0v) is 13.0. The van der Waals surface area contributed by atoms with E-state index in [1.54, 1.807) is 7.11 Å². The zero-order chi connectivity index (χ0) is 15.2. The molecule has 1 aliphatic rings. The van der Waals surface area contributed by atoms with Crippen LogP contribution in [-0.2, 0) is 6.61 Å². The predicted molar refractivity (Wildman–Crippen MR) is 88.6 cm³/mol. The quantitative estimate of drug-likeness (QED) is 0.912. The van der Waals surface area contributed by atoms with E-state index in [-0.39, 0.29) is 0 Å². The summed E-state index contributed by atoms with van der Waals surface area (Å²) in [5, 5.41) is 3.41. The van der Waals surface area contributed by atoms with Gasteiger partial charge in [0.2, 0.25) is 0 Å². The molecule has 2 aromatic carbocycles. The van der Waals surface area contributed by atoms with E-state index in [1.165, 1.54) is 5.56 Å². The standard InChI is InChI=1S/C19H23NO2/c1-21-19-17(16-10-12-20-13-11-16)8-5-9-18(19)22-14-15-6-3-2-4-7-15/h2-9,16,20H,10-14H2,1H3. The Morgan fingerprint density at radius 1 is 1.00 bits per heavy atom. The van der Waals surface area contributed by atoms with E-state index >= 15 is 0 Å². The van der Waals surface area contributed by atoms with E-state index in [1.807, 2.05) is 24.3 Å². The van der Waals surface area contributed by atoms with Gasteiger partial charge >= 0.3 is 0 Å². The second-order valence-electron chi connectivity index (χ2n) is 5.68. The normalized spacial score (nSPS) is 15.5. The third kappa shape index (κ3) is 3.42. The minimum absolute atomic E-state index is 0.552. The largest absolute Gasteiger partial charge is 0.493 e. The first-order chi connectivity index (χ1) is 10.9. The highest BCUT2D eigenvalue weighted by Crippen LogP contribution is 2.39. The van der Waals surface area contributed by atoms with Crippen molar-refractivity contribution in [2.45, 2.75) is 25.4 Å². The number of hydrogen-bond acceptors (Lipinski definition) is 3. The molecule has 3 heteroatoms. The van der Waals surface area contributed by atoms with Gasteiger partial charge in [-0.25, -0.2) is 0 Å². The summed E-state index contributed by atoms with van der Waals surface area (Å²) in [5.74, 6) is 2.28. The molecule has 3 nitrogen and oxygen atoms in total. The first-order valence-electron chi connectivity index (χ1n) is 7.93. The molecular weight excluding hydrogens is 274 g/mol. The molecule has 0 aliphatic carbocycles. The smallest absolute Gasteiger partial charge is 0.164 e. The summed E-state index contributed by atoms with van der Waals surface area (Å²) < 4.78 is 11.7. The van der Waals surface area contributed by atoms with Gasteiger partial charge in [0.1, 0.15) is 6.61 Å². The summed E-state index contributed by atoms with van der Waals surface area (Å²) in [6, 6.07) is 16.5. The third-order valence-corrected chi connectivity index (χ3v) is 4.23. The van der Waals surface area contributed by atoms with Crippen LogP contribution in [0.1, 0.15) is 29.9 Å². The second kappa shape index (κ2) is 7.32. The van der Waals surface area contributed by atoms with Gasteiger partial charge in [0.25, 0.3) is 0 Å². The van der Waals surface area contributed by atoms with Crippen LogP contribution < -0.4 is 14.8 Å². The highest BCUT2D eigenvalue weighted by Gasteiger charge is 2.21. The Morgan fingerprint density at radius 3 is 2.50 bits per heavy atom. The number of methoxy groups -OCH3 is 1. The second-order valence-corrected chi connectivity index (χ2v) is 5.68. The van der Waals surface area contributed by atoms with Gasteiger partial charge in [-0.2, -0.15) is 0 Å². The molecule has 0 saturated carbocycles. The number of nitrogens with one attached hydrogen (secondary N) is 1. The van der Waals surface area contributed by atoms with Crippen LogP contribution in [0.4, 0.5) is 0 Å². The Kier molecular flexibility index (Phi) is 4.96. The van der Waals surface area contributed by atoms with E-state index in [0.29, 0.717) is 12.5 Å². The van der Waals surface area contributed by atoms with Gasteiger partial charge in [0, 0.05) is 5.56 Å². The minimum atomic E-state index is 0.552. The summed E-state index contributed by atoms with van der Waals surface area (Å²) in [4.78, 5) is 0. The number of para-hydroxylation sites is 1. The number of ether oxygens (including phenoxy) is 2. The summed E-state index contributed by atoms with van der Waals surface area (Å²) in [6.07, 6.45) is 2.30. The molecule has 22 heavy (non-hydrogen) atoms. The Morgan fingerprint density at radius 2 is 1.77 bits per heavy atom. The topological polar surface area (TPSA) is 30.5 Å². The fourth-order valence-corrected chi connectivity index (χ4v) is 3.05. The molecule has 2 aromatic rings. The lowest BCUT2D eigenvalue weighted by molar-refractivity contribution is 0.281. The molecule has 1 N–H and O–H groups in total. The van der Waals surface area contributed by atoms with Crippen molar-refractivity contribution in [3.63, 3.8) is 0 Å². The van der Waals surface area contributed by atoms with Crippen molar-refractivity contribution in [2.24, 2.45) is 0 Å². The van der Waals surface area contributed by atoms with Crippen molar-refractivity contribution in [3.05, 3.63) is 59.7 Å². The highest BCUT2D eigenvalue weighted by molar-refractivity contribution is 5.48. The lowest BCUT2D eigenvalue weighted by atomic mass is 9.89. The minimum Gasteiger partial charge on any atom is -0.493 e. The van der Waals surface area contributed by atoms with Gasteiger partial charge < -0.3 is 14.8 Å². The Balaban J connectivity index is 1.78. The van der Waals surface area contributed by atoms with Crippen molar-refractivity contribution >= 4 is 0 Å². The fraction of sp³-hybridized carbons (Fsp3) is 0.368. The summed E-state index contributed by atoms with van der Waals surface area (Å²) in [6.45, 7) is 2.71. The Bertz CT molecular complexity index is 592. The monoisotopic (exact) mass is 297 g/mol. The van der Waals surface area contributed by atoms with Gasteiger partial charge in [-0.15, -0.1) is 0 Å². The molecule has 0 atom stereocenters. The van der Waals surface area contributed by atoms with E-state index in [9.17, 15) is 0 Å². The molecule has 1 fully saturated rings. The average molecular weight is 297 g/mol. The molecule has 0 aromatic heterocycles. The van der Waals surface area contributed by atoms with E-state index < -0.39 is 0 Å². The van der Waals surface area contributed by atoms with E-state index in [2.05, 4.69) is 29.6 Å². The van der Waals surface area contributed by atoms with Gasteiger partial charge in [-0.3, -0.25) is 0 Å². The maximum atomic E-state index is 6.00. The molecule has 0 unspecified atom stereocenters. The number of hydrogen-bond donors (Lipinski definition) is 1. The maximum Gasteiger partial charge on any atom is 0.164 e. The van der Waals surface area contributed by atoms with Crippen LogP contribution in [0, 0.1) is 0 Å². The summed E-state index contributed by atoms with van der Waals surface area (Å²) in [5.41, 5.74) is 2.44. The molecule has 0 spiro atoms.